The van der Waals surface area contributed by atoms with Crippen LogP contribution in [-0.4, -0.2) is 17.5 Å². The van der Waals surface area contributed by atoms with Gasteiger partial charge in [0.25, 0.3) is 0 Å². The molecule has 0 amide bonds. The van der Waals surface area contributed by atoms with Crippen LogP contribution in [0.5, 0.6) is 0 Å². The van der Waals surface area contributed by atoms with Crippen LogP contribution in [0.1, 0.15) is 33.1 Å². The Labute approximate surface area is 79.6 Å². The third-order valence-corrected chi connectivity index (χ3v) is 3.20. The second-order valence-electron chi connectivity index (χ2n) is 4.43. The summed E-state index contributed by atoms with van der Waals surface area (Å²) < 4.78 is 0. The lowest BCUT2D eigenvalue weighted by Gasteiger charge is -2.34. The lowest BCUT2D eigenvalue weighted by atomic mass is 9.70. The van der Waals surface area contributed by atoms with Crippen LogP contribution < -0.4 is 0 Å². The topological polar surface area (TPSA) is 37.3 Å². The Morgan fingerprint density at radius 1 is 1.77 bits per heavy atom. The lowest BCUT2D eigenvalue weighted by Crippen LogP contribution is -2.37. The van der Waals surface area contributed by atoms with Crippen molar-refractivity contribution >= 4 is 5.78 Å². The van der Waals surface area contributed by atoms with Gasteiger partial charge in [0.1, 0.15) is 5.78 Å². The van der Waals surface area contributed by atoms with Crippen molar-refractivity contribution in [2.45, 2.75) is 33.1 Å². The van der Waals surface area contributed by atoms with Gasteiger partial charge in [-0.25, -0.2) is 0 Å². The average molecular weight is 182 g/mol. The predicted octanol–water partition coefficient (Wildman–Crippen LogP) is 1.93. The van der Waals surface area contributed by atoms with Crippen molar-refractivity contribution in [1.29, 1.82) is 0 Å². The normalized spacial score (nSPS) is 34.7. The summed E-state index contributed by atoms with van der Waals surface area (Å²) in [7, 11) is 0. The summed E-state index contributed by atoms with van der Waals surface area (Å²) in [5.74, 6) is 0.529. The summed E-state index contributed by atoms with van der Waals surface area (Å²) in [6, 6.07) is 0. The maximum atomic E-state index is 11.7. The Hall–Kier alpha value is -0.630. The van der Waals surface area contributed by atoms with Gasteiger partial charge in [0.15, 0.2) is 0 Å². The standard InChI is InChI=1S/C11H18O2/c1-8(2)9-4-5-11(3,7-12)10(13)6-9/h9,12H,1,4-7H2,2-3H3/t9-,11+/m1/s1. The number of hydrogen-bond acceptors (Lipinski definition) is 2. The largest absolute Gasteiger partial charge is 0.395 e. The molecule has 1 aliphatic rings. The van der Waals surface area contributed by atoms with Crippen molar-refractivity contribution in [3.8, 4) is 0 Å². The molecule has 0 aromatic carbocycles. The Morgan fingerprint density at radius 3 is 2.77 bits per heavy atom. The smallest absolute Gasteiger partial charge is 0.141 e. The molecule has 0 bridgehead atoms. The van der Waals surface area contributed by atoms with Gasteiger partial charge in [-0.1, -0.05) is 19.1 Å². The molecule has 1 rings (SSSR count). The molecule has 2 atom stereocenters. The first-order chi connectivity index (χ1) is 5.99. The zero-order chi connectivity index (χ0) is 10.1. The van der Waals surface area contributed by atoms with Crippen LogP contribution in [0.4, 0.5) is 0 Å². The Kier molecular flexibility index (Phi) is 2.91. The molecule has 0 unspecified atom stereocenters. The zero-order valence-corrected chi connectivity index (χ0v) is 8.47. The molecule has 0 radical (unpaired) electrons. The van der Waals surface area contributed by atoms with Crippen molar-refractivity contribution in [3.05, 3.63) is 12.2 Å². The van der Waals surface area contributed by atoms with Crippen molar-refractivity contribution in [1.82, 2.24) is 0 Å². The third-order valence-electron chi connectivity index (χ3n) is 3.20. The molecule has 2 heteroatoms. The number of carbonyl (C=O) groups excluding carboxylic acids is 1. The number of Topliss-reactive ketones (excluding diaryl/α,β-unsaturated/α-hetero) is 1. The highest BCUT2D eigenvalue weighted by atomic mass is 16.3. The van der Waals surface area contributed by atoms with Gasteiger partial charge >= 0.3 is 0 Å². The molecular formula is C11H18O2. The van der Waals surface area contributed by atoms with Gasteiger partial charge in [-0.15, -0.1) is 0 Å². The van der Waals surface area contributed by atoms with Gasteiger partial charge in [0.2, 0.25) is 0 Å². The molecule has 1 N–H and O–H groups in total. The fourth-order valence-corrected chi connectivity index (χ4v) is 1.79. The van der Waals surface area contributed by atoms with Crippen molar-refractivity contribution in [2.75, 3.05) is 6.61 Å². The molecule has 1 saturated carbocycles. The van der Waals surface area contributed by atoms with Gasteiger partial charge < -0.3 is 5.11 Å². The highest BCUT2D eigenvalue weighted by Crippen LogP contribution is 2.37. The molecule has 74 valence electrons. The second-order valence-corrected chi connectivity index (χ2v) is 4.43. The van der Waals surface area contributed by atoms with Crippen LogP contribution in [0, 0.1) is 11.3 Å². The first kappa shape index (κ1) is 10.5. The maximum Gasteiger partial charge on any atom is 0.141 e. The van der Waals surface area contributed by atoms with Crippen LogP contribution in [0.25, 0.3) is 0 Å². The van der Waals surface area contributed by atoms with Gasteiger partial charge in [-0.05, 0) is 25.7 Å². The molecule has 0 aliphatic heterocycles. The monoisotopic (exact) mass is 182 g/mol. The van der Waals surface area contributed by atoms with Crippen LogP contribution in [0.2, 0.25) is 0 Å². The van der Waals surface area contributed by atoms with E-state index in [0.29, 0.717) is 12.3 Å². The summed E-state index contributed by atoms with van der Waals surface area (Å²) in [4.78, 5) is 11.7. The molecule has 2 nitrogen and oxygen atoms in total. The molecule has 0 aromatic heterocycles. The van der Waals surface area contributed by atoms with Crippen molar-refractivity contribution in [3.63, 3.8) is 0 Å². The first-order valence-electron chi connectivity index (χ1n) is 4.79. The Balaban J connectivity index is 2.67. The summed E-state index contributed by atoms with van der Waals surface area (Å²) in [6.45, 7) is 7.68. The summed E-state index contributed by atoms with van der Waals surface area (Å²) >= 11 is 0. The molecule has 1 aliphatic carbocycles. The van der Waals surface area contributed by atoms with E-state index in [2.05, 4.69) is 6.58 Å². The van der Waals surface area contributed by atoms with E-state index in [1.165, 1.54) is 0 Å². The first-order valence-corrected chi connectivity index (χ1v) is 4.79. The average Bonchev–Trinajstić information content (AvgIpc) is 2.09. The molecule has 13 heavy (non-hydrogen) atoms. The van der Waals surface area contributed by atoms with E-state index in [-0.39, 0.29) is 12.4 Å². The molecule has 0 aromatic rings. The Morgan fingerprint density at radius 2 is 2.38 bits per heavy atom. The summed E-state index contributed by atoms with van der Waals surface area (Å²) in [5.41, 5.74) is 0.611. The second kappa shape index (κ2) is 3.62. The SMILES string of the molecule is C=C(C)[C@@H]1CC[C@@](C)(CO)C(=O)C1. The maximum absolute atomic E-state index is 11.7. The minimum atomic E-state index is -0.480. The highest BCUT2D eigenvalue weighted by molar-refractivity contribution is 5.85. The minimum absolute atomic E-state index is 0.0191. The van der Waals surface area contributed by atoms with E-state index < -0.39 is 5.41 Å². The van der Waals surface area contributed by atoms with E-state index in [9.17, 15) is 4.79 Å². The minimum Gasteiger partial charge on any atom is -0.395 e. The fraction of sp³-hybridized carbons (Fsp3) is 0.727. The number of aliphatic hydroxyl groups is 1. The third kappa shape index (κ3) is 1.99. The van der Waals surface area contributed by atoms with Crippen molar-refractivity contribution < 1.29 is 9.90 Å². The van der Waals surface area contributed by atoms with E-state index in [0.717, 1.165) is 18.4 Å². The van der Waals surface area contributed by atoms with Gasteiger partial charge in [-0.3, -0.25) is 4.79 Å². The van der Waals surface area contributed by atoms with Gasteiger partial charge in [-0.2, -0.15) is 0 Å². The van der Waals surface area contributed by atoms with E-state index in [4.69, 9.17) is 5.11 Å². The molecular weight excluding hydrogens is 164 g/mol. The molecule has 0 saturated heterocycles. The fourth-order valence-electron chi connectivity index (χ4n) is 1.79. The number of ketones is 1. The molecule has 0 heterocycles. The number of aliphatic hydroxyl groups excluding tert-OH is 1. The molecule has 1 fully saturated rings. The van der Waals surface area contributed by atoms with Gasteiger partial charge in [0, 0.05) is 11.8 Å². The Bertz CT molecular complexity index is 232. The number of carbonyl (C=O) groups is 1. The van der Waals surface area contributed by atoms with Crippen molar-refractivity contribution in [2.24, 2.45) is 11.3 Å². The number of rotatable bonds is 2. The molecule has 0 spiro atoms. The lowest BCUT2D eigenvalue weighted by molar-refractivity contribution is -0.133. The van der Waals surface area contributed by atoms with Crippen LogP contribution in [0.15, 0.2) is 12.2 Å². The van der Waals surface area contributed by atoms with Gasteiger partial charge in [0.05, 0.1) is 6.61 Å². The zero-order valence-electron chi connectivity index (χ0n) is 8.47. The van der Waals surface area contributed by atoms with Crippen LogP contribution >= 0.6 is 0 Å². The predicted molar refractivity (Wildman–Crippen MR) is 52.4 cm³/mol. The number of allylic oxidation sites excluding steroid dienone is 1. The number of hydrogen-bond donors (Lipinski definition) is 1. The van der Waals surface area contributed by atoms with E-state index >= 15 is 0 Å². The van der Waals surface area contributed by atoms with Crippen LogP contribution in [-0.2, 0) is 4.79 Å². The quantitative estimate of drug-likeness (QED) is 0.662. The van der Waals surface area contributed by atoms with Crippen LogP contribution in [0.3, 0.4) is 0 Å². The van der Waals surface area contributed by atoms with E-state index in [1.54, 1.807) is 0 Å². The summed E-state index contributed by atoms with van der Waals surface area (Å²) in [6.07, 6.45) is 2.34. The highest BCUT2D eigenvalue weighted by Gasteiger charge is 2.38. The summed E-state index contributed by atoms with van der Waals surface area (Å²) in [5, 5.41) is 9.10. The van der Waals surface area contributed by atoms with E-state index in [1.807, 2.05) is 13.8 Å².